The van der Waals surface area contributed by atoms with Gasteiger partial charge in [0, 0.05) is 11.8 Å². The number of rotatable bonds is 5. The third kappa shape index (κ3) is 2.93. The van der Waals surface area contributed by atoms with Gasteiger partial charge in [-0.3, -0.25) is 0 Å². The van der Waals surface area contributed by atoms with Crippen LogP contribution in [0.3, 0.4) is 0 Å². The maximum atomic E-state index is 8.85. The van der Waals surface area contributed by atoms with Crippen molar-refractivity contribution in [2.45, 2.75) is 19.4 Å². The van der Waals surface area contributed by atoms with Crippen LogP contribution in [0.1, 0.15) is 12.6 Å². The third-order valence-electron chi connectivity index (χ3n) is 1.88. The summed E-state index contributed by atoms with van der Waals surface area (Å²) < 4.78 is 0. The molecule has 0 radical (unpaired) electrons. The summed E-state index contributed by atoms with van der Waals surface area (Å²) >= 11 is 0. The van der Waals surface area contributed by atoms with Crippen LogP contribution in [0.2, 0.25) is 0 Å². The van der Waals surface area contributed by atoms with Crippen molar-refractivity contribution in [1.29, 1.82) is 0 Å². The van der Waals surface area contributed by atoms with E-state index < -0.39 is 0 Å². The first-order valence-corrected chi connectivity index (χ1v) is 4.59. The fourth-order valence-corrected chi connectivity index (χ4v) is 1.03. The molecule has 14 heavy (non-hydrogen) atoms. The highest BCUT2D eigenvalue weighted by Gasteiger charge is 2.06. The summed E-state index contributed by atoms with van der Waals surface area (Å²) in [4.78, 5) is 8.02. The number of aryl methyl sites for hydroxylation is 1. The Bertz CT molecular complexity index is 277. The van der Waals surface area contributed by atoms with Gasteiger partial charge in [-0.1, -0.05) is 6.92 Å². The quantitative estimate of drug-likeness (QED) is 0.609. The van der Waals surface area contributed by atoms with Gasteiger partial charge in [-0.25, -0.2) is 9.97 Å². The molecule has 0 fully saturated rings. The number of hydrogen-bond donors (Lipinski definition) is 3. The van der Waals surface area contributed by atoms with Crippen LogP contribution < -0.4 is 5.32 Å². The molecule has 0 saturated heterocycles. The minimum absolute atomic E-state index is 0.123. The van der Waals surface area contributed by atoms with Gasteiger partial charge in [0.15, 0.2) is 0 Å². The van der Waals surface area contributed by atoms with Crippen LogP contribution >= 0.6 is 0 Å². The van der Waals surface area contributed by atoms with Gasteiger partial charge < -0.3 is 15.5 Å². The van der Waals surface area contributed by atoms with E-state index in [2.05, 4.69) is 15.3 Å². The lowest BCUT2D eigenvalue weighted by atomic mass is 10.3. The summed E-state index contributed by atoms with van der Waals surface area (Å²) in [5, 5.41) is 20.6. The van der Waals surface area contributed by atoms with E-state index in [4.69, 9.17) is 10.2 Å². The second kappa shape index (κ2) is 5.51. The molecule has 0 bridgehead atoms. The van der Waals surface area contributed by atoms with E-state index in [1.807, 2.05) is 6.92 Å². The molecule has 78 valence electrons. The molecule has 1 rings (SSSR count). The average molecular weight is 197 g/mol. The molecule has 0 aromatic carbocycles. The molecule has 0 saturated carbocycles. The number of aromatic nitrogens is 2. The smallest absolute Gasteiger partial charge is 0.129 e. The molecular formula is C9H15N3O2. The number of aliphatic hydroxyl groups is 2. The van der Waals surface area contributed by atoms with Crippen LogP contribution in [-0.4, -0.2) is 39.4 Å². The Balaban J connectivity index is 2.65. The van der Waals surface area contributed by atoms with Crippen LogP contribution in [0.5, 0.6) is 0 Å². The molecule has 1 aromatic rings. The van der Waals surface area contributed by atoms with Crippen molar-refractivity contribution in [2.75, 3.05) is 18.5 Å². The minimum atomic E-state index is -0.366. The lowest BCUT2D eigenvalue weighted by molar-refractivity contribution is 0.203. The Kier molecular flexibility index (Phi) is 4.28. The standard InChI is InChI=1S/C9H15N3O2/c1-2-7-3-9(11-6-10-7)12-8(4-13)5-14/h3,6,8,13-14H,2,4-5H2,1H3,(H,10,11,12). The van der Waals surface area contributed by atoms with Crippen molar-refractivity contribution in [3.05, 3.63) is 18.1 Å². The molecule has 0 aliphatic rings. The lowest BCUT2D eigenvalue weighted by Crippen LogP contribution is -2.28. The van der Waals surface area contributed by atoms with E-state index in [0.29, 0.717) is 5.82 Å². The first kappa shape index (κ1) is 10.9. The Labute approximate surface area is 82.8 Å². The molecule has 1 heterocycles. The van der Waals surface area contributed by atoms with E-state index in [1.165, 1.54) is 6.33 Å². The Morgan fingerprint density at radius 2 is 2.07 bits per heavy atom. The molecule has 5 nitrogen and oxygen atoms in total. The molecule has 0 aliphatic heterocycles. The monoisotopic (exact) mass is 197 g/mol. The second-order valence-corrected chi connectivity index (χ2v) is 2.95. The minimum Gasteiger partial charge on any atom is -0.394 e. The van der Waals surface area contributed by atoms with Crippen LogP contribution in [0.15, 0.2) is 12.4 Å². The van der Waals surface area contributed by atoms with Crippen molar-refractivity contribution in [3.8, 4) is 0 Å². The van der Waals surface area contributed by atoms with E-state index in [-0.39, 0.29) is 19.3 Å². The summed E-state index contributed by atoms with van der Waals surface area (Å²) in [6.45, 7) is 1.76. The highest BCUT2D eigenvalue weighted by Crippen LogP contribution is 2.05. The largest absolute Gasteiger partial charge is 0.394 e. The molecule has 5 heteroatoms. The Hall–Kier alpha value is -1.20. The molecule has 0 aliphatic carbocycles. The zero-order chi connectivity index (χ0) is 10.4. The first-order valence-electron chi connectivity index (χ1n) is 4.59. The normalized spacial score (nSPS) is 10.6. The SMILES string of the molecule is CCc1cc(NC(CO)CO)ncn1. The second-order valence-electron chi connectivity index (χ2n) is 2.95. The summed E-state index contributed by atoms with van der Waals surface area (Å²) in [7, 11) is 0. The van der Waals surface area contributed by atoms with Gasteiger partial charge >= 0.3 is 0 Å². The molecule has 0 spiro atoms. The third-order valence-corrected chi connectivity index (χ3v) is 1.88. The highest BCUT2D eigenvalue weighted by molar-refractivity contribution is 5.36. The van der Waals surface area contributed by atoms with Gasteiger partial charge in [0.1, 0.15) is 12.1 Å². The Morgan fingerprint density at radius 3 is 2.64 bits per heavy atom. The molecular weight excluding hydrogens is 182 g/mol. The summed E-state index contributed by atoms with van der Waals surface area (Å²) in [5.41, 5.74) is 0.928. The van der Waals surface area contributed by atoms with E-state index >= 15 is 0 Å². The van der Waals surface area contributed by atoms with E-state index in [9.17, 15) is 0 Å². The maximum Gasteiger partial charge on any atom is 0.129 e. The molecule has 0 atom stereocenters. The Morgan fingerprint density at radius 1 is 1.36 bits per heavy atom. The lowest BCUT2D eigenvalue weighted by Gasteiger charge is -2.13. The van der Waals surface area contributed by atoms with E-state index in [0.717, 1.165) is 12.1 Å². The topological polar surface area (TPSA) is 78.3 Å². The molecule has 1 aromatic heterocycles. The zero-order valence-corrected chi connectivity index (χ0v) is 8.14. The number of aliphatic hydroxyl groups excluding tert-OH is 2. The van der Waals surface area contributed by atoms with Crippen LogP contribution in [0, 0.1) is 0 Å². The maximum absolute atomic E-state index is 8.85. The van der Waals surface area contributed by atoms with Gasteiger partial charge in [-0.05, 0) is 6.42 Å². The van der Waals surface area contributed by atoms with Crippen molar-refractivity contribution in [1.82, 2.24) is 9.97 Å². The molecule has 3 N–H and O–H groups in total. The van der Waals surface area contributed by atoms with Gasteiger partial charge in [-0.15, -0.1) is 0 Å². The van der Waals surface area contributed by atoms with Crippen molar-refractivity contribution < 1.29 is 10.2 Å². The number of nitrogens with zero attached hydrogens (tertiary/aromatic N) is 2. The van der Waals surface area contributed by atoms with Crippen molar-refractivity contribution in [3.63, 3.8) is 0 Å². The molecule has 0 amide bonds. The van der Waals surface area contributed by atoms with Gasteiger partial charge in [-0.2, -0.15) is 0 Å². The summed E-state index contributed by atoms with van der Waals surface area (Å²) in [5.74, 6) is 0.630. The van der Waals surface area contributed by atoms with Crippen LogP contribution in [0.4, 0.5) is 5.82 Å². The molecule has 0 unspecified atom stereocenters. The fraction of sp³-hybridized carbons (Fsp3) is 0.556. The number of hydrogen-bond acceptors (Lipinski definition) is 5. The van der Waals surface area contributed by atoms with Gasteiger partial charge in [0.2, 0.25) is 0 Å². The number of anilines is 1. The summed E-state index contributed by atoms with van der Waals surface area (Å²) in [6.07, 6.45) is 2.30. The zero-order valence-electron chi connectivity index (χ0n) is 8.14. The average Bonchev–Trinajstić information content (AvgIpc) is 2.26. The predicted octanol–water partition coefficient (Wildman–Crippen LogP) is -0.196. The van der Waals surface area contributed by atoms with Crippen LogP contribution in [-0.2, 0) is 6.42 Å². The highest BCUT2D eigenvalue weighted by atomic mass is 16.3. The fourth-order valence-electron chi connectivity index (χ4n) is 1.03. The van der Waals surface area contributed by atoms with Crippen molar-refractivity contribution >= 4 is 5.82 Å². The van der Waals surface area contributed by atoms with E-state index in [1.54, 1.807) is 6.07 Å². The predicted molar refractivity (Wildman–Crippen MR) is 53.0 cm³/mol. The van der Waals surface area contributed by atoms with Crippen molar-refractivity contribution in [2.24, 2.45) is 0 Å². The number of nitrogens with one attached hydrogen (secondary N) is 1. The van der Waals surface area contributed by atoms with Gasteiger partial charge in [0.05, 0.1) is 19.3 Å². The van der Waals surface area contributed by atoms with Gasteiger partial charge in [0.25, 0.3) is 0 Å². The first-order chi connectivity index (χ1) is 6.80. The summed E-state index contributed by atoms with van der Waals surface area (Å²) in [6, 6.07) is 1.44. The van der Waals surface area contributed by atoms with Crippen LogP contribution in [0.25, 0.3) is 0 Å².